The number of aromatic nitrogens is 1. The molecule has 96 valence electrons. The molecular weight excluding hydrogens is 218 g/mol. The fourth-order valence-electron chi connectivity index (χ4n) is 1.23. The summed E-state index contributed by atoms with van der Waals surface area (Å²) < 4.78 is 5.36. The molecule has 1 unspecified atom stereocenters. The monoisotopic (exact) mass is 239 g/mol. The van der Waals surface area contributed by atoms with Gasteiger partial charge in [0.2, 0.25) is 5.88 Å². The molecule has 17 heavy (non-hydrogen) atoms. The molecule has 0 amide bonds. The number of nitrogens with zero attached hydrogens (tertiary/aromatic N) is 1. The van der Waals surface area contributed by atoms with E-state index in [0.717, 1.165) is 5.56 Å². The van der Waals surface area contributed by atoms with Gasteiger partial charge in [0.05, 0.1) is 0 Å². The summed E-state index contributed by atoms with van der Waals surface area (Å²) in [4.78, 5) is 4.08. The molecule has 0 aliphatic heterocycles. The first-order chi connectivity index (χ1) is 8.11. The highest BCUT2D eigenvalue weighted by molar-refractivity contribution is 5.17. The zero-order chi connectivity index (χ0) is 12.7. The van der Waals surface area contributed by atoms with E-state index in [-0.39, 0.29) is 6.61 Å². The van der Waals surface area contributed by atoms with Crippen molar-refractivity contribution in [3.63, 3.8) is 0 Å². The zero-order valence-electron chi connectivity index (χ0n) is 10.4. The summed E-state index contributed by atoms with van der Waals surface area (Å²) in [7, 11) is 0. The summed E-state index contributed by atoms with van der Waals surface area (Å²) in [6.45, 7) is 5.27. The first-order valence-electron chi connectivity index (χ1n) is 5.81. The normalized spacial score (nSPS) is 12.8. The van der Waals surface area contributed by atoms with Gasteiger partial charge in [0.15, 0.2) is 0 Å². The molecular formula is C12H21N3O2. The third kappa shape index (κ3) is 5.63. The van der Waals surface area contributed by atoms with Gasteiger partial charge in [-0.1, -0.05) is 19.9 Å². The Morgan fingerprint density at radius 1 is 1.47 bits per heavy atom. The Kier molecular flexibility index (Phi) is 5.90. The van der Waals surface area contributed by atoms with Crippen LogP contribution in [-0.2, 0) is 6.54 Å². The largest absolute Gasteiger partial charge is 0.475 e. The second-order valence-corrected chi connectivity index (χ2v) is 4.24. The number of rotatable bonds is 7. The Bertz CT molecular complexity index is 314. The van der Waals surface area contributed by atoms with Crippen LogP contribution in [0.1, 0.15) is 19.4 Å². The smallest absolute Gasteiger partial charge is 0.213 e. The van der Waals surface area contributed by atoms with Crippen LogP contribution in [-0.4, -0.2) is 35.4 Å². The number of aliphatic hydroxyl groups excluding tert-OH is 1. The van der Waals surface area contributed by atoms with Crippen molar-refractivity contribution < 1.29 is 9.84 Å². The van der Waals surface area contributed by atoms with Gasteiger partial charge in [0, 0.05) is 31.4 Å². The summed E-state index contributed by atoms with van der Waals surface area (Å²) in [5.41, 5.74) is 6.42. The second-order valence-electron chi connectivity index (χ2n) is 4.24. The fraction of sp³-hybridized carbons (Fsp3) is 0.583. The Morgan fingerprint density at radius 3 is 2.76 bits per heavy atom. The van der Waals surface area contributed by atoms with Crippen molar-refractivity contribution in [3.05, 3.63) is 23.9 Å². The van der Waals surface area contributed by atoms with Crippen LogP contribution in [0.4, 0.5) is 0 Å². The Hall–Kier alpha value is -1.17. The number of nitrogens with one attached hydrogen (secondary N) is 1. The van der Waals surface area contributed by atoms with Crippen molar-refractivity contribution in [3.8, 4) is 5.88 Å². The molecule has 1 heterocycles. The highest BCUT2D eigenvalue weighted by Crippen LogP contribution is 2.07. The first kappa shape index (κ1) is 13.9. The topological polar surface area (TPSA) is 80.4 Å². The fourth-order valence-corrected chi connectivity index (χ4v) is 1.23. The predicted octanol–water partition coefficient (Wildman–Crippen LogP) is 0.278. The minimum atomic E-state index is -0.534. The number of hydrogen-bond acceptors (Lipinski definition) is 5. The summed E-state index contributed by atoms with van der Waals surface area (Å²) in [5, 5.41) is 12.8. The van der Waals surface area contributed by atoms with E-state index in [4.69, 9.17) is 10.5 Å². The molecule has 1 rings (SSSR count). The predicted molar refractivity (Wildman–Crippen MR) is 66.8 cm³/mol. The van der Waals surface area contributed by atoms with Crippen LogP contribution in [0.3, 0.4) is 0 Å². The zero-order valence-corrected chi connectivity index (χ0v) is 10.4. The van der Waals surface area contributed by atoms with Gasteiger partial charge >= 0.3 is 0 Å². The van der Waals surface area contributed by atoms with Crippen LogP contribution in [0.5, 0.6) is 5.88 Å². The number of hydrogen-bond donors (Lipinski definition) is 3. The van der Waals surface area contributed by atoms with Crippen LogP contribution >= 0.6 is 0 Å². The van der Waals surface area contributed by atoms with E-state index in [9.17, 15) is 5.11 Å². The molecule has 5 heteroatoms. The third-order valence-electron chi connectivity index (χ3n) is 2.22. The molecule has 0 aromatic carbocycles. The van der Waals surface area contributed by atoms with Crippen molar-refractivity contribution >= 4 is 0 Å². The molecule has 4 N–H and O–H groups in total. The van der Waals surface area contributed by atoms with Gasteiger partial charge in [-0.25, -0.2) is 4.98 Å². The van der Waals surface area contributed by atoms with Crippen molar-refractivity contribution in [2.45, 2.75) is 32.5 Å². The van der Waals surface area contributed by atoms with Crippen LogP contribution in [0, 0.1) is 0 Å². The quantitative estimate of drug-likeness (QED) is 0.637. The summed E-state index contributed by atoms with van der Waals surface area (Å²) in [5.74, 6) is 0.505. The minimum Gasteiger partial charge on any atom is -0.475 e. The molecule has 0 spiro atoms. The molecule has 0 fully saturated rings. The van der Waals surface area contributed by atoms with Crippen LogP contribution in [0.2, 0.25) is 0 Å². The van der Waals surface area contributed by atoms with E-state index in [0.29, 0.717) is 25.0 Å². The highest BCUT2D eigenvalue weighted by Gasteiger charge is 2.06. The Morgan fingerprint density at radius 2 is 2.24 bits per heavy atom. The van der Waals surface area contributed by atoms with E-state index < -0.39 is 6.10 Å². The van der Waals surface area contributed by atoms with E-state index in [1.165, 1.54) is 0 Å². The average Bonchev–Trinajstić information content (AvgIpc) is 2.34. The lowest BCUT2D eigenvalue weighted by atomic mass is 10.3. The van der Waals surface area contributed by atoms with Crippen LogP contribution in [0.25, 0.3) is 0 Å². The van der Waals surface area contributed by atoms with Gasteiger partial charge in [-0.05, 0) is 5.56 Å². The molecule has 0 radical (unpaired) electrons. The third-order valence-corrected chi connectivity index (χ3v) is 2.22. The van der Waals surface area contributed by atoms with Crippen molar-refractivity contribution in [1.82, 2.24) is 10.3 Å². The van der Waals surface area contributed by atoms with Crippen LogP contribution < -0.4 is 15.8 Å². The lowest BCUT2D eigenvalue weighted by Gasteiger charge is -2.14. The van der Waals surface area contributed by atoms with Crippen LogP contribution in [0.15, 0.2) is 18.3 Å². The molecule has 0 saturated heterocycles. The number of nitrogens with two attached hydrogens (primary N) is 1. The van der Waals surface area contributed by atoms with Crippen molar-refractivity contribution in [2.75, 3.05) is 13.2 Å². The van der Waals surface area contributed by atoms with Gasteiger partial charge in [-0.3, -0.25) is 0 Å². The van der Waals surface area contributed by atoms with Crippen molar-refractivity contribution in [1.29, 1.82) is 0 Å². The second kappa shape index (κ2) is 7.21. The molecule has 0 aliphatic carbocycles. The SMILES string of the molecule is CC(C)NCC(O)COc1ccc(CN)cn1. The van der Waals surface area contributed by atoms with Gasteiger partial charge < -0.3 is 20.9 Å². The molecule has 1 aromatic heterocycles. The Balaban J connectivity index is 2.29. The molecule has 0 aliphatic rings. The number of aliphatic hydroxyl groups is 1. The van der Waals surface area contributed by atoms with Gasteiger partial charge in [-0.2, -0.15) is 0 Å². The van der Waals surface area contributed by atoms with E-state index in [2.05, 4.69) is 10.3 Å². The molecule has 1 atom stereocenters. The minimum absolute atomic E-state index is 0.231. The molecule has 1 aromatic rings. The number of pyridine rings is 1. The van der Waals surface area contributed by atoms with Gasteiger partial charge in [0.1, 0.15) is 12.7 Å². The van der Waals surface area contributed by atoms with E-state index in [1.54, 1.807) is 12.3 Å². The summed E-state index contributed by atoms with van der Waals surface area (Å²) >= 11 is 0. The van der Waals surface area contributed by atoms with Gasteiger partial charge in [-0.15, -0.1) is 0 Å². The molecule has 0 saturated carbocycles. The van der Waals surface area contributed by atoms with E-state index in [1.807, 2.05) is 19.9 Å². The maximum Gasteiger partial charge on any atom is 0.213 e. The molecule has 0 bridgehead atoms. The maximum atomic E-state index is 9.62. The maximum absolute atomic E-state index is 9.62. The average molecular weight is 239 g/mol. The van der Waals surface area contributed by atoms with Crippen molar-refractivity contribution in [2.24, 2.45) is 5.73 Å². The Labute approximate surface area is 102 Å². The lowest BCUT2D eigenvalue weighted by Crippen LogP contribution is -2.35. The van der Waals surface area contributed by atoms with Gasteiger partial charge in [0.25, 0.3) is 0 Å². The first-order valence-corrected chi connectivity index (χ1v) is 5.81. The highest BCUT2D eigenvalue weighted by atomic mass is 16.5. The lowest BCUT2D eigenvalue weighted by molar-refractivity contribution is 0.102. The summed E-state index contributed by atoms with van der Waals surface area (Å²) in [6.07, 6.45) is 1.14. The molecule has 5 nitrogen and oxygen atoms in total. The summed E-state index contributed by atoms with van der Waals surface area (Å²) in [6, 6.07) is 3.97. The van der Waals surface area contributed by atoms with E-state index >= 15 is 0 Å². The standard InChI is InChI=1S/C12H21N3O2/c1-9(2)14-7-11(16)8-17-12-4-3-10(5-13)6-15-12/h3-4,6,9,11,14,16H,5,7-8,13H2,1-2H3. The number of ether oxygens (including phenoxy) is 1.